The van der Waals surface area contributed by atoms with Crippen LogP contribution in [0.5, 0.6) is 0 Å². The van der Waals surface area contributed by atoms with Crippen molar-refractivity contribution in [3.8, 4) is 22.0 Å². The van der Waals surface area contributed by atoms with Crippen LogP contribution in [0.25, 0.3) is 22.0 Å². The smallest absolute Gasteiger partial charge is 0.362 e. The molecular weight excluding hydrogens is 558 g/mol. The average molecular weight is 586 g/mol. The summed E-state index contributed by atoms with van der Waals surface area (Å²) in [7, 11) is 1.77. The molecule has 0 fully saturated rings. The van der Waals surface area contributed by atoms with Crippen LogP contribution in [0.3, 0.4) is 0 Å². The molecule has 12 nitrogen and oxygen atoms in total. The number of carbonyl (C=O) groups excluding carboxylic acids is 3. The molecule has 4 aromatic heterocycles. The third-order valence-electron chi connectivity index (χ3n) is 5.99. The number of aryl methyl sites for hydroxylation is 1. The Balaban J connectivity index is 1.46. The molecule has 0 aliphatic rings. The lowest BCUT2D eigenvalue weighted by molar-refractivity contribution is -0.169. The SMILES string of the molecule is CC(OC(=O)c1n[nH]cc1-c1nc(C(=O)N(c2ccccc2)c2cn(C)nc2-c2ccccn2)cs1)OC(=O)C(C)C. The predicted octanol–water partition coefficient (Wildman–Crippen LogP) is 5.01. The van der Waals surface area contributed by atoms with E-state index >= 15 is 0 Å². The molecule has 42 heavy (non-hydrogen) atoms. The zero-order chi connectivity index (χ0) is 29.8. The summed E-state index contributed by atoms with van der Waals surface area (Å²) in [5, 5.41) is 13.2. The van der Waals surface area contributed by atoms with Crippen molar-refractivity contribution >= 4 is 40.6 Å². The summed E-state index contributed by atoms with van der Waals surface area (Å²) in [5.74, 6) is -2.08. The van der Waals surface area contributed by atoms with E-state index in [0.717, 1.165) is 0 Å². The predicted molar refractivity (Wildman–Crippen MR) is 155 cm³/mol. The fourth-order valence-corrected chi connectivity index (χ4v) is 4.83. The van der Waals surface area contributed by atoms with E-state index in [1.165, 1.54) is 29.4 Å². The number of benzene rings is 1. The standard InChI is InChI=1S/C29H27N7O5S/c1-17(2)28(38)40-18(3)41-29(39)24-20(14-31-33-24)26-32-22(16-42-26)27(37)36(19-10-6-5-7-11-19)23-15-35(4)34-25(23)21-12-8-9-13-30-21/h5-18H,1-4H3,(H,31,33). The minimum absolute atomic E-state index is 0.0552. The van der Waals surface area contributed by atoms with Crippen molar-refractivity contribution in [2.45, 2.75) is 27.1 Å². The highest BCUT2D eigenvalue weighted by Gasteiger charge is 2.29. The molecular formula is C29H27N7O5S. The van der Waals surface area contributed by atoms with Gasteiger partial charge in [0.05, 0.1) is 22.9 Å². The molecule has 1 unspecified atom stereocenters. The molecule has 5 aromatic rings. The van der Waals surface area contributed by atoms with Gasteiger partial charge >= 0.3 is 11.9 Å². The van der Waals surface area contributed by atoms with Crippen LogP contribution in [0.15, 0.2) is 72.5 Å². The number of carbonyl (C=O) groups is 3. The molecule has 5 rings (SSSR count). The number of hydrogen-bond acceptors (Lipinski definition) is 10. The molecule has 1 amide bonds. The number of nitrogens with one attached hydrogen (secondary N) is 1. The lowest BCUT2D eigenvalue weighted by Gasteiger charge is -2.21. The molecule has 1 atom stereocenters. The molecule has 0 radical (unpaired) electrons. The molecule has 1 N–H and O–H groups in total. The highest BCUT2D eigenvalue weighted by Crippen LogP contribution is 2.35. The highest BCUT2D eigenvalue weighted by atomic mass is 32.1. The van der Waals surface area contributed by atoms with Gasteiger partial charge in [-0.15, -0.1) is 11.3 Å². The van der Waals surface area contributed by atoms with E-state index in [1.54, 1.807) is 43.4 Å². The number of anilines is 2. The number of hydrogen-bond donors (Lipinski definition) is 1. The quantitative estimate of drug-likeness (QED) is 0.186. The molecule has 0 aliphatic heterocycles. The Hall–Kier alpha value is -5.17. The van der Waals surface area contributed by atoms with Crippen molar-refractivity contribution in [3.05, 3.63) is 83.9 Å². The Morgan fingerprint density at radius 3 is 2.50 bits per heavy atom. The van der Waals surface area contributed by atoms with Crippen LogP contribution in [0.1, 0.15) is 41.7 Å². The number of rotatable bonds is 9. The summed E-state index contributed by atoms with van der Waals surface area (Å²) in [6.07, 6.45) is 3.79. The van der Waals surface area contributed by atoms with Gasteiger partial charge in [-0.25, -0.2) is 9.78 Å². The fraction of sp³-hybridized carbons (Fsp3) is 0.207. The number of para-hydroxylation sites is 1. The summed E-state index contributed by atoms with van der Waals surface area (Å²) in [6, 6.07) is 14.6. The van der Waals surface area contributed by atoms with Crippen LogP contribution < -0.4 is 4.90 Å². The molecule has 214 valence electrons. The lowest BCUT2D eigenvalue weighted by atomic mass is 10.2. The van der Waals surface area contributed by atoms with Gasteiger partial charge in [-0.3, -0.25) is 29.3 Å². The first-order valence-corrected chi connectivity index (χ1v) is 13.9. The maximum absolute atomic E-state index is 14.1. The Morgan fingerprint density at radius 2 is 1.79 bits per heavy atom. The number of H-pyrrole nitrogens is 1. The Bertz CT molecular complexity index is 1710. The summed E-state index contributed by atoms with van der Waals surface area (Å²) < 4.78 is 12.0. The van der Waals surface area contributed by atoms with E-state index in [4.69, 9.17) is 9.47 Å². The molecule has 0 aliphatic carbocycles. The average Bonchev–Trinajstić information content (AvgIpc) is 3.74. The lowest BCUT2D eigenvalue weighted by Crippen LogP contribution is -2.26. The Labute approximate surface area is 244 Å². The number of aromatic nitrogens is 6. The number of aromatic amines is 1. The Morgan fingerprint density at radius 1 is 1.02 bits per heavy atom. The van der Waals surface area contributed by atoms with Crippen LogP contribution in [-0.2, 0) is 21.3 Å². The number of nitrogens with zero attached hydrogens (tertiary/aromatic N) is 6. The van der Waals surface area contributed by atoms with Gasteiger partial charge in [-0.05, 0) is 24.3 Å². The van der Waals surface area contributed by atoms with Gasteiger partial charge in [0.15, 0.2) is 5.69 Å². The molecule has 0 saturated heterocycles. The van der Waals surface area contributed by atoms with Crippen molar-refractivity contribution in [1.82, 2.24) is 29.9 Å². The minimum Gasteiger partial charge on any atom is -0.425 e. The largest absolute Gasteiger partial charge is 0.425 e. The third-order valence-corrected chi connectivity index (χ3v) is 6.86. The van der Waals surface area contributed by atoms with Gasteiger partial charge in [0.1, 0.15) is 16.4 Å². The molecule has 0 bridgehead atoms. The fourth-order valence-electron chi connectivity index (χ4n) is 4.02. The normalized spacial score (nSPS) is 11.7. The molecule has 1 aromatic carbocycles. The van der Waals surface area contributed by atoms with E-state index in [2.05, 4.69) is 25.3 Å². The number of ether oxygens (including phenoxy) is 2. The summed E-state index contributed by atoms with van der Waals surface area (Å²) in [5.41, 5.74) is 2.70. The molecule has 0 saturated carbocycles. The van der Waals surface area contributed by atoms with Crippen molar-refractivity contribution < 1.29 is 23.9 Å². The van der Waals surface area contributed by atoms with Crippen molar-refractivity contribution in [3.63, 3.8) is 0 Å². The minimum atomic E-state index is -1.11. The topological polar surface area (TPSA) is 145 Å². The van der Waals surface area contributed by atoms with Gasteiger partial charge in [-0.2, -0.15) is 10.2 Å². The first kappa shape index (κ1) is 28.4. The highest BCUT2D eigenvalue weighted by molar-refractivity contribution is 7.13. The van der Waals surface area contributed by atoms with Crippen molar-refractivity contribution in [2.75, 3.05) is 4.90 Å². The second kappa shape index (κ2) is 12.1. The first-order valence-electron chi connectivity index (χ1n) is 13.0. The van der Waals surface area contributed by atoms with E-state index in [-0.39, 0.29) is 17.3 Å². The van der Waals surface area contributed by atoms with E-state index < -0.39 is 24.1 Å². The Kier molecular flexibility index (Phi) is 8.20. The summed E-state index contributed by atoms with van der Waals surface area (Å²) >= 11 is 1.17. The van der Waals surface area contributed by atoms with Crippen LogP contribution >= 0.6 is 11.3 Å². The van der Waals surface area contributed by atoms with Crippen LogP contribution in [0, 0.1) is 5.92 Å². The van der Waals surface area contributed by atoms with Gasteiger partial charge < -0.3 is 9.47 Å². The van der Waals surface area contributed by atoms with E-state index in [1.807, 2.05) is 48.5 Å². The second-order valence-electron chi connectivity index (χ2n) is 9.48. The molecule has 4 heterocycles. The van der Waals surface area contributed by atoms with Gasteiger partial charge in [0.25, 0.3) is 5.91 Å². The maximum Gasteiger partial charge on any atom is 0.362 e. The van der Waals surface area contributed by atoms with E-state index in [9.17, 15) is 14.4 Å². The number of pyridine rings is 1. The second-order valence-corrected chi connectivity index (χ2v) is 10.3. The van der Waals surface area contributed by atoms with Crippen molar-refractivity contribution in [1.29, 1.82) is 0 Å². The van der Waals surface area contributed by atoms with Gasteiger partial charge in [-0.1, -0.05) is 38.1 Å². The summed E-state index contributed by atoms with van der Waals surface area (Å²) in [4.78, 5) is 49.3. The summed E-state index contributed by atoms with van der Waals surface area (Å²) in [6.45, 7) is 4.80. The van der Waals surface area contributed by atoms with Gasteiger partial charge in [0.2, 0.25) is 6.29 Å². The van der Waals surface area contributed by atoms with Gasteiger partial charge in [0, 0.05) is 43.6 Å². The third kappa shape index (κ3) is 5.95. The number of thiazole rings is 1. The zero-order valence-corrected chi connectivity index (χ0v) is 24.0. The maximum atomic E-state index is 14.1. The van der Waals surface area contributed by atoms with Crippen molar-refractivity contribution in [2.24, 2.45) is 13.0 Å². The number of amides is 1. The van der Waals surface area contributed by atoms with E-state index in [0.29, 0.717) is 33.3 Å². The number of esters is 2. The van der Waals surface area contributed by atoms with Crippen LogP contribution in [0.4, 0.5) is 11.4 Å². The first-order chi connectivity index (χ1) is 20.2. The van der Waals surface area contributed by atoms with Crippen LogP contribution in [-0.4, -0.2) is 54.1 Å². The monoisotopic (exact) mass is 585 g/mol. The van der Waals surface area contributed by atoms with Crippen LogP contribution in [0.2, 0.25) is 0 Å². The molecule has 0 spiro atoms. The zero-order valence-electron chi connectivity index (χ0n) is 23.2. The molecule has 13 heteroatoms.